The van der Waals surface area contributed by atoms with E-state index >= 15 is 0 Å². The van der Waals surface area contributed by atoms with Crippen molar-refractivity contribution >= 4 is 28.2 Å². The first-order valence-electron chi connectivity index (χ1n) is 6.49. The Labute approximate surface area is 126 Å². The lowest BCUT2D eigenvalue weighted by Gasteiger charge is -2.15. The van der Waals surface area contributed by atoms with Gasteiger partial charge in [-0.25, -0.2) is 9.78 Å². The third-order valence-electron chi connectivity index (χ3n) is 3.04. The van der Waals surface area contributed by atoms with Crippen molar-refractivity contribution in [2.24, 2.45) is 0 Å². The Hall–Kier alpha value is -2.21. The van der Waals surface area contributed by atoms with Gasteiger partial charge in [-0.15, -0.1) is 0 Å². The summed E-state index contributed by atoms with van der Waals surface area (Å²) in [6.45, 7) is 2.06. The van der Waals surface area contributed by atoms with Crippen LogP contribution in [0.2, 0.25) is 0 Å². The highest BCUT2D eigenvalue weighted by Crippen LogP contribution is 2.26. The van der Waals surface area contributed by atoms with Gasteiger partial charge in [-0.2, -0.15) is 0 Å². The number of thiazole rings is 1. The highest BCUT2D eigenvalue weighted by Gasteiger charge is 2.21. The average Bonchev–Trinajstić information content (AvgIpc) is 2.91. The number of likely N-dealkylation sites (N-methyl/N-ethyl adjacent to an activating group) is 1. The fourth-order valence-electron chi connectivity index (χ4n) is 1.89. The smallest absolute Gasteiger partial charge is 0.356 e. The SMILES string of the molecule is CC(=O)c1sc(N(C)CCc2ccccc2)nc1C(=O)O. The van der Waals surface area contributed by atoms with E-state index in [1.807, 2.05) is 42.3 Å². The summed E-state index contributed by atoms with van der Waals surface area (Å²) in [6.07, 6.45) is 0.828. The van der Waals surface area contributed by atoms with Crippen LogP contribution in [0.4, 0.5) is 5.13 Å². The Balaban J connectivity index is 2.12. The van der Waals surface area contributed by atoms with Gasteiger partial charge in [0.1, 0.15) is 4.88 Å². The summed E-state index contributed by atoms with van der Waals surface area (Å²) >= 11 is 1.12. The standard InChI is InChI=1S/C15H16N2O3S/c1-10(18)13-12(14(19)20)16-15(21-13)17(2)9-8-11-6-4-3-5-7-11/h3-7H,8-9H2,1-2H3,(H,19,20). The lowest BCUT2D eigenvalue weighted by atomic mass is 10.1. The lowest BCUT2D eigenvalue weighted by molar-refractivity contribution is 0.0687. The summed E-state index contributed by atoms with van der Waals surface area (Å²) in [5.41, 5.74) is 1.04. The second-order valence-electron chi connectivity index (χ2n) is 4.69. The first kappa shape index (κ1) is 15.2. The fourth-order valence-corrected chi connectivity index (χ4v) is 2.83. The molecule has 0 bridgehead atoms. The Morgan fingerprint density at radius 3 is 2.48 bits per heavy atom. The predicted octanol–water partition coefficient (Wildman–Crippen LogP) is 2.72. The first-order chi connectivity index (χ1) is 9.99. The van der Waals surface area contributed by atoms with Gasteiger partial charge in [0.05, 0.1) is 0 Å². The summed E-state index contributed by atoms with van der Waals surface area (Å²) in [5.74, 6) is -1.44. The summed E-state index contributed by atoms with van der Waals surface area (Å²) in [4.78, 5) is 28.7. The van der Waals surface area contributed by atoms with Crippen molar-refractivity contribution in [3.05, 3.63) is 46.5 Å². The molecule has 0 atom stereocenters. The number of carbonyl (C=O) groups excluding carboxylic acids is 1. The van der Waals surface area contributed by atoms with Gasteiger partial charge in [0.2, 0.25) is 0 Å². The Kier molecular flexibility index (Phi) is 4.70. The van der Waals surface area contributed by atoms with E-state index in [0.717, 1.165) is 17.8 Å². The van der Waals surface area contributed by atoms with Crippen LogP contribution < -0.4 is 4.90 Å². The van der Waals surface area contributed by atoms with E-state index < -0.39 is 5.97 Å². The maximum absolute atomic E-state index is 11.5. The minimum Gasteiger partial charge on any atom is -0.476 e. The molecule has 0 saturated carbocycles. The Bertz CT molecular complexity index is 621. The van der Waals surface area contributed by atoms with Crippen molar-refractivity contribution in [2.45, 2.75) is 13.3 Å². The topological polar surface area (TPSA) is 70.5 Å². The Morgan fingerprint density at radius 2 is 1.95 bits per heavy atom. The Morgan fingerprint density at radius 1 is 1.29 bits per heavy atom. The lowest BCUT2D eigenvalue weighted by Crippen LogP contribution is -2.20. The number of carboxylic acid groups (broad SMARTS) is 1. The van der Waals surface area contributed by atoms with Crippen molar-refractivity contribution in [3.63, 3.8) is 0 Å². The molecule has 0 aliphatic heterocycles. The molecule has 6 heteroatoms. The van der Waals surface area contributed by atoms with Crippen molar-refractivity contribution in [2.75, 3.05) is 18.5 Å². The number of carboxylic acids is 1. The molecule has 0 unspecified atom stereocenters. The molecule has 1 aromatic heterocycles. The molecular formula is C15H16N2O3S. The van der Waals surface area contributed by atoms with E-state index in [1.165, 1.54) is 12.5 Å². The molecule has 5 nitrogen and oxygen atoms in total. The second-order valence-corrected chi connectivity index (χ2v) is 5.67. The van der Waals surface area contributed by atoms with Gasteiger partial charge in [0.15, 0.2) is 16.6 Å². The molecule has 2 aromatic rings. The zero-order valence-corrected chi connectivity index (χ0v) is 12.7. The number of benzene rings is 1. The van der Waals surface area contributed by atoms with E-state index in [9.17, 15) is 9.59 Å². The summed E-state index contributed by atoms with van der Waals surface area (Å²) < 4.78 is 0. The van der Waals surface area contributed by atoms with Crippen LogP contribution in [0.3, 0.4) is 0 Å². The number of nitrogens with zero attached hydrogens (tertiary/aromatic N) is 2. The van der Waals surface area contributed by atoms with Gasteiger partial charge in [-0.3, -0.25) is 4.79 Å². The number of aromatic carboxylic acids is 1. The largest absolute Gasteiger partial charge is 0.476 e. The van der Waals surface area contributed by atoms with Gasteiger partial charge in [-0.05, 0) is 12.0 Å². The van der Waals surface area contributed by atoms with E-state index in [-0.39, 0.29) is 16.4 Å². The summed E-state index contributed by atoms with van der Waals surface area (Å²) in [6, 6.07) is 10.0. The molecule has 0 aliphatic carbocycles. The molecule has 1 N–H and O–H groups in total. The number of Topliss-reactive ketones (excluding diaryl/α,β-unsaturated/α-hetero) is 1. The predicted molar refractivity (Wildman–Crippen MR) is 82.5 cm³/mol. The first-order valence-corrected chi connectivity index (χ1v) is 7.31. The minimum atomic E-state index is -1.17. The van der Waals surface area contributed by atoms with Crippen LogP contribution in [0.5, 0.6) is 0 Å². The number of aromatic nitrogens is 1. The van der Waals surface area contributed by atoms with Crippen molar-refractivity contribution in [1.29, 1.82) is 0 Å². The molecule has 0 saturated heterocycles. The van der Waals surface area contributed by atoms with Crippen LogP contribution in [-0.2, 0) is 6.42 Å². The van der Waals surface area contributed by atoms with Gasteiger partial charge in [0, 0.05) is 20.5 Å². The summed E-state index contributed by atoms with van der Waals surface area (Å²) in [7, 11) is 1.84. The van der Waals surface area contributed by atoms with Crippen molar-refractivity contribution in [1.82, 2.24) is 4.98 Å². The molecule has 21 heavy (non-hydrogen) atoms. The van der Waals surface area contributed by atoms with E-state index in [0.29, 0.717) is 11.7 Å². The maximum atomic E-state index is 11.5. The number of hydrogen-bond acceptors (Lipinski definition) is 5. The zero-order valence-electron chi connectivity index (χ0n) is 11.9. The monoisotopic (exact) mass is 304 g/mol. The van der Waals surface area contributed by atoms with Crippen LogP contribution in [0.25, 0.3) is 0 Å². The zero-order chi connectivity index (χ0) is 15.4. The van der Waals surface area contributed by atoms with Gasteiger partial charge >= 0.3 is 5.97 Å². The summed E-state index contributed by atoms with van der Waals surface area (Å²) in [5, 5.41) is 9.64. The van der Waals surface area contributed by atoms with Gasteiger partial charge in [-0.1, -0.05) is 41.7 Å². The number of rotatable bonds is 6. The van der Waals surface area contributed by atoms with Crippen molar-refractivity contribution < 1.29 is 14.7 Å². The van der Waals surface area contributed by atoms with E-state index in [1.54, 1.807) is 0 Å². The highest BCUT2D eigenvalue weighted by molar-refractivity contribution is 7.17. The average molecular weight is 304 g/mol. The molecule has 0 spiro atoms. The number of ketones is 1. The number of carbonyl (C=O) groups is 2. The highest BCUT2D eigenvalue weighted by atomic mass is 32.1. The molecule has 1 aromatic carbocycles. The van der Waals surface area contributed by atoms with E-state index in [2.05, 4.69) is 4.98 Å². The van der Waals surface area contributed by atoms with Gasteiger partial charge in [0.25, 0.3) is 0 Å². The fraction of sp³-hybridized carbons (Fsp3) is 0.267. The molecule has 0 radical (unpaired) electrons. The van der Waals surface area contributed by atoms with Crippen LogP contribution >= 0.6 is 11.3 Å². The van der Waals surface area contributed by atoms with E-state index in [4.69, 9.17) is 5.11 Å². The quantitative estimate of drug-likeness (QED) is 0.831. The number of hydrogen-bond donors (Lipinski definition) is 1. The minimum absolute atomic E-state index is 0.158. The molecule has 1 heterocycles. The molecule has 0 amide bonds. The molecule has 2 rings (SSSR count). The maximum Gasteiger partial charge on any atom is 0.356 e. The molecule has 0 fully saturated rings. The molecule has 0 aliphatic rings. The third-order valence-corrected chi connectivity index (χ3v) is 4.31. The second kappa shape index (κ2) is 6.49. The molecule has 110 valence electrons. The van der Waals surface area contributed by atoms with Crippen molar-refractivity contribution in [3.8, 4) is 0 Å². The number of anilines is 1. The van der Waals surface area contributed by atoms with Crippen LogP contribution in [-0.4, -0.2) is 35.4 Å². The molecular weight excluding hydrogens is 288 g/mol. The third kappa shape index (κ3) is 3.66. The van der Waals surface area contributed by atoms with Crippen LogP contribution in [0.1, 0.15) is 32.6 Å². The normalized spacial score (nSPS) is 10.4. The van der Waals surface area contributed by atoms with Crippen LogP contribution in [0.15, 0.2) is 30.3 Å². The van der Waals surface area contributed by atoms with Gasteiger partial charge < -0.3 is 10.0 Å². The van der Waals surface area contributed by atoms with Crippen LogP contribution in [0, 0.1) is 0 Å².